The summed E-state index contributed by atoms with van der Waals surface area (Å²) in [5.74, 6) is 0.846. The van der Waals surface area contributed by atoms with Gasteiger partial charge in [-0.25, -0.2) is 0 Å². The molecular weight excluding hydrogens is 418 g/mol. The summed E-state index contributed by atoms with van der Waals surface area (Å²) in [6.07, 6.45) is 9.00. The Morgan fingerprint density at radius 3 is 2.59 bits per heavy atom. The highest BCUT2D eigenvalue weighted by Gasteiger charge is 2.38. The lowest BCUT2D eigenvalue weighted by molar-refractivity contribution is -0.135. The summed E-state index contributed by atoms with van der Waals surface area (Å²) in [5, 5.41) is 10.5. The maximum atomic E-state index is 14.0. The Morgan fingerprint density at radius 2 is 1.85 bits per heavy atom. The monoisotopic (exact) mass is 453 g/mol. The average molecular weight is 454 g/mol. The molecule has 0 bridgehead atoms. The Morgan fingerprint density at radius 1 is 1.06 bits per heavy atom. The van der Waals surface area contributed by atoms with Crippen LogP contribution in [0.5, 0.6) is 0 Å². The highest BCUT2D eigenvalue weighted by molar-refractivity contribution is 5.85. The lowest BCUT2D eigenvalue weighted by Gasteiger charge is -2.32. The molecule has 1 aliphatic heterocycles. The van der Waals surface area contributed by atoms with Crippen molar-refractivity contribution in [2.75, 3.05) is 6.54 Å². The predicted octanol–water partition coefficient (Wildman–Crippen LogP) is 6.43. The van der Waals surface area contributed by atoms with E-state index in [1.54, 1.807) is 0 Å². The van der Waals surface area contributed by atoms with E-state index in [-0.39, 0.29) is 5.92 Å². The second-order valence-corrected chi connectivity index (χ2v) is 10.1. The summed E-state index contributed by atoms with van der Waals surface area (Å²) in [7, 11) is 0. The van der Waals surface area contributed by atoms with Gasteiger partial charge in [-0.05, 0) is 80.5 Å². The van der Waals surface area contributed by atoms with Gasteiger partial charge in [-0.15, -0.1) is 0 Å². The van der Waals surface area contributed by atoms with Crippen LogP contribution in [-0.2, 0) is 17.8 Å². The van der Waals surface area contributed by atoms with E-state index < -0.39 is 0 Å². The minimum absolute atomic E-state index is 0.00999. The number of nitrogens with zero attached hydrogens (tertiary/aromatic N) is 3. The lowest BCUT2D eigenvalue weighted by atomic mass is 9.83. The molecule has 4 heteroatoms. The second-order valence-electron chi connectivity index (χ2n) is 10.1. The summed E-state index contributed by atoms with van der Waals surface area (Å²) < 4.78 is 2.34. The first-order valence-electron chi connectivity index (χ1n) is 13.1. The van der Waals surface area contributed by atoms with E-state index >= 15 is 0 Å². The molecule has 2 atom stereocenters. The SMILES string of the molecule is CCn1c(CC[C@@H]2CCCN2C(=O)C(c2ccccc2)C2CCCC2)cc2ccc(C#N)cc21. The Balaban J connectivity index is 1.35. The molecule has 5 rings (SSSR count). The number of fused-ring (bicyclic) bond motifs is 1. The van der Waals surface area contributed by atoms with Crippen molar-refractivity contribution in [1.82, 2.24) is 9.47 Å². The Hall–Kier alpha value is -3.06. The van der Waals surface area contributed by atoms with Crippen LogP contribution in [0.15, 0.2) is 54.6 Å². The number of hydrogen-bond donors (Lipinski definition) is 0. The normalized spacial score (nSPS) is 19.5. The van der Waals surface area contributed by atoms with Crippen molar-refractivity contribution in [3.8, 4) is 6.07 Å². The molecule has 1 saturated heterocycles. The zero-order chi connectivity index (χ0) is 23.5. The van der Waals surface area contributed by atoms with Gasteiger partial charge < -0.3 is 9.47 Å². The molecule has 1 saturated carbocycles. The summed E-state index contributed by atoms with van der Waals surface area (Å²) in [6.45, 7) is 3.94. The van der Waals surface area contributed by atoms with E-state index in [1.807, 2.05) is 18.2 Å². The smallest absolute Gasteiger partial charge is 0.230 e. The molecule has 2 aromatic carbocycles. The number of carbonyl (C=O) groups excluding carboxylic acids is 1. The molecule has 176 valence electrons. The van der Waals surface area contributed by atoms with Gasteiger partial charge in [-0.1, -0.05) is 49.2 Å². The zero-order valence-electron chi connectivity index (χ0n) is 20.2. The van der Waals surface area contributed by atoms with E-state index in [4.69, 9.17) is 0 Å². The first-order chi connectivity index (χ1) is 16.7. The first-order valence-corrected chi connectivity index (χ1v) is 13.1. The van der Waals surface area contributed by atoms with Gasteiger partial charge in [0, 0.05) is 30.3 Å². The number of carbonyl (C=O) groups is 1. The fraction of sp³-hybridized carbons (Fsp3) is 0.467. The number of aromatic nitrogens is 1. The largest absolute Gasteiger partial charge is 0.345 e. The lowest BCUT2D eigenvalue weighted by Crippen LogP contribution is -2.41. The third-order valence-corrected chi connectivity index (χ3v) is 8.13. The Labute approximate surface area is 203 Å². The molecule has 1 aromatic heterocycles. The molecule has 1 aliphatic carbocycles. The van der Waals surface area contributed by atoms with Crippen molar-refractivity contribution in [1.29, 1.82) is 5.26 Å². The van der Waals surface area contributed by atoms with E-state index in [0.717, 1.165) is 44.3 Å². The van der Waals surface area contributed by atoms with Crippen LogP contribution >= 0.6 is 0 Å². The fourth-order valence-corrected chi connectivity index (χ4v) is 6.45. The van der Waals surface area contributed by atoms with Crippen molar-refractivity contribution in [2.24, 2.45) is 5.92 Å². The van der Waals surface area contributed by atoms with Gasteiger partial charge in [0.25, 0.3) is 0 Å². The number of hydrogen-bond acceptors (Lipinski definition) is 2. The van der Waals surface area contributed by atoms with Gasteiger partial charge in [0.05, 0.1) is 17.6 Å². The third-order valence-electron chi connectivity index (χ3n) is 8.13. The average Bonchev–Trinajstić information content (AvgIpc) is 3.62. The van der Waals surface area contributed by atoms with Crippen LogP contribution < -0.4 is 0 Å². The summed E-state index contributed by atoms with van der Waals surface area (Å²) in [4.78, 5) is 16.2. The van der Waals surface area contributed by atoms with Crippen LogP contribution in [0.2, 0.25) is 0 Å². The quantitative estimate of drug-likeness (QED) is 0.414. The van der Waals surface area contributed by atoms with Crippen LogP contribution in [0.3, 0.4) is 0 Å². The molecule has 2 heterocycles. The molecule has 2 aliphatic rings. The van der Waals surface area contributed by atoms with Crippen molar-refractivity contribution < 1.29 is 4.79 Å². The highest BCUT2D eigenvalue weighted by atomic mass is 16.2. The van der Waals surface area contributed by atoms with Crippen LogP contribution in [-0.4, -0.2) is 28.0 Å². The summed E-state index contributed by atoms with van der Waals surface area (Å²) in [6, 6.07) is 21.3. The summed E-state index contributed by atoms with van der Waals surface area (Å²) in [5.41, 5.74) is 4.35. The van der Waals surface area contributed by atoms with E-state index in [2.05, 4.69) is 58.9 Å². The van der Waals surface area contributed by atoms with Gasteiger partial charge in [-0.2, -0.15) is 5.26 Å². The van der Waals surface area contributed by atoms with E-state index in [0.29, 0.717) is 23.4 Å². The number of likely N-dealkylation sites (tertiary alicyclic amines) is 1. The van der Waals surface area contributed by atoms with Crippen molar-refractivity contribution in [2.45, 2.75) is 76.8 Å². The van der Waals surface area contributed by atoms with Crippen molar-refractivity contribution in [3.05, 3.63) is 71.4 Å². The molecule has 1 unspecified atom stereocenters. The second kappa shape index (κ2) is 10.1. The van der Waals surface area contributed by atoms with Crippen molar-refractivity contribution in [3.63, 3.8) is 0 Å². The molecule has 0 radical (unpaired) electrons. The molecule has 34 heavy (non-hydrogen) atoms. The van der Waals surface area contributed by atoms with Gasteiger partial charge in [0.15, 0.2) is 0 Å². The molecule has 1 amide bonds. The van der Waals surface area contributed by atoms with Gasteiger partial charge >= 0.3 is 0 Å². The maximum Gasteiger partial charge on any atom is 0.230 e. The summed E-state index contributed by atoms with van der Waals surface area (Å²) >= 11 is 0. The molecule has 2 fully saturated rings. The van der Waals surface area contributed by atoms with E-state index in [9.17, 15) is 10.1 Å². The first kappa shape index (κ1) is 22.7. The molecule has 0 spiro atoms. The van der Waals surface area contributed by atoms with Gasteiger partial charge in [-0.3, -0.25) is 4.79 Å². The Bertz CT molecular complexity index is 1180. The molecular formula is C30H35N3O. The number of amides is 1. The number of rotatable bonds is 7. The van der Waals surface area contributed by atoms with Crippen molar-refractivity contribution >= 4 is 16.8 Å². The fourth-order valence-electron chi connectivity index (χ4n) is 6.45. The Kier molecular flexibility index (Phi) is 6.72. The standard InChI is InChI=1S/C30H35N3O/c1-2-32-27(20-25-15-14-22(21-31)19-28(25)32)17-16-26-13-8-18-33(26)30(34)29(24-11-6-7-12-24)23-9-4-3-5-10-23/h3-5,9-10,14-15,19-20,24,26,29H,2,6-8,11-13,16-18H2,1H3/t26-,29?/m0/s1. The maximum absolute atomic E-state index is 14.0. The third kappa shape index (κ3) is 4.37. The van der Waals surface area contributed by atoms with Gasteiger partial charge in [0.2, 0.25) is 5.91 Å². The highest BCUT2D eigenvalue weighted by Crippen LogP contribution is 2.40. The molecule has 0 N–H and O–H groups in total. The number of benzene rings is 2. The van der Waals surface area contributed by atoms with Crippen LogP contribution in [0, 0.1) is 17.2 Å². The van der Waals surface area contributed by atoms with Gasteiger partial charge in [0.1, 0.15) is 0 Å². The van der Waals surface area contributed by atoms with E-state index in [1.165, 1.54) is 42.3 Å². The van der Waals surface area contributed by atoms with Crippen LogP contribution in [0.25, 0.3) is 10.9 Å². The predicted molar refractivity (Wildman–Crippen MR) is 137 cm³/mol. The minimum Gasteiger partial charge on any atom is -0.345 e. The molecule has 3 aromatic rings. The number of aryl methyl sites for hydroxylation is 2. The minimum atomic E-state index is 0.00999. The number of nitriles is 1. The molecule has 4 nitrogen and oxygen atoms in total. The van der Waals surface area contributed by atoms with Crippen LogP contribution in [0.1, 0.15) is 74.6 Å². The zero-order valence-corrected chi connectivity index (χ0v) is 20.2. The van der Waals surface area contributed by atoms with Crippen LogP contribution in [0.4, 0.5) is 0 Å². The topological polar surface area (TPSA) is 49.0 Å².